The van der Waals surface area contributed by atoms with E-state index in [1.165, 1.54) is 0 Å². The quantitative estimate of drug-likeness (QED) is 0.188. The van der Waals surface area contributed by atoms with Crippen molar-refractivity contribution in [2.24, 2.45) is 0 Å². The van der Waals surface area contributed by atoms with Gasteiger partial charge in [-0.1, -0.05) is 36.4 Å². The van der Waals surface area contributed by atoms with E-state index >= 15 is 0 Å². The zero-order chi connectivity index (χ0) is 26.7. The number of amides is 2. The minimum atomic E-state index is -0.344. The zero-order valence-electron chi connectivity index (χ0n) is 20.8. The lowest BCUT2D eigenvalue weighted by molar-refractivity contribution is 0.0976. The lowest BCUT2D eigenvalue weighted by Crippen LogP contribution is -2.34. The van der Waals surface area contributed by atoms with Crippen molar-refractivity contribution in [2.75, 3.05) is 23.8 Å². The Balaban J connectivity index is 1.21. The number of carbonyl (C=O) groups excluding carboxylic acids is 2. The van der Waals surface area contributed by atoms with Crippen molar-refractivity contribution in [2.45, 2.75) is 6.92 Å². The molecule has 0 spiro atoms. The van der Waals surface area contributed by atoms with Gasteiger partial charge in [0.1, 0.15) is 24.7 Å². The van der Waals surface area contributed by atoms with Crippen molar-refractivity contribution in [1.82, 2.24) is 5.32 Å². The summed E-state index contributed by atoms with van der Waals surface area (Å²) in [5.41, 5.74) is 3.28. The maximum absolute atomic E-state index is 12.6. The molecule has 0 aliphatic heterocycles. The molecule has 8 heteroatoms. The molecule has 0 aromatic heterocycles. The largest absolute Gasteiger partial charge is 0.490 e. The fraction of sp³-hybridized carbons (Fsp3) is 0.100. The smallest absolute Gasteiger partial charge is 0.257 e. The molecule has 0 saturated carbocycles. The number of benzene rings is 4. The van der Waals surface area contributed by atoms with Crippen LogP contribution in [0.2, 0.25) is 0 Å². The molecule has 192 valence electrons. The molecule has 4 rings (SSSR count). The summed E-state index contributed by atoms with van der Waals surface area (Å²) in [6.07, 6.45) is 0. The number of hydrogen-bond acceptors (Lipinski definition) is 5. The highest BCUT2D eigenvalue weighted by Gasteiger charge is 2.10. The van der Waals surface area contributed by atoms with Crippen molar-refractivity contribution in [3.63, 3.8) is 0 Å². The lowest BCUT2D eigenvalue weighted by Gasteiger charge is -2.12. The summed E-state index contributed by atoms with van der Waals surface area (Å²) in [6.45, 7) is 2.68. The van der Waals surface area contributed by atoms with Crippen LogP contribution < -0.4 is 25.4 Å². The van der Waals surface area contributed by atoms with Gasteiger partial charge in [0.25, 0.3) is 11.8 Å². The normalized spacial score (nSPS) is 10.2. The maximum Gasteiger partial charge on any atom is 0.257 e. The Morgan fingerprint density at radius 1 is 0.658 bits per heavy atom. The van der Waals surface area contributed by atoms with Gasteiger partial charge in [-0.25, -0.2) is 0 Å². The van der Waals surface area contributed by atoms with Gasteiger partial charge in [-0.05, 0) is 91.4 Å². The molecule has 0 radical (unpaired) electrons. The molecule has 38 heavy (non-hydrogen) atoms. The summed E-state index contributed by atoms with van der Waals surface area (Å²) in [5, 5.41) is 8.66. The molecule has 4 aromatic rings. The number of aryl methyl sites for hydroxylation is 1. The standard InChI is InChI=1S/C30H27N3O4S/c1-21-7-5-6-10-27(21)29(35)31-23-13-15-24(16-14-23)32-30(38)33-28(34)22-11-17-26(18-12-22)37-20-19-36-25-8-3-2-4-9-25/h2-18H,19-20H2,1H3,(H,31,35)(H2,32,33,34,38). The van der Waals surface area contributed by atoms with E-state index in [2.05, 4.69) is 16.0 Å². The first-order chi connectivity index (χ1) is 18.5. The van der Waals surface area contributed by atoms with Crippen LogP contribution in [-0.2, 0) is 0 Å². The molecule has 0 heterocycles. The van der Waals surface area contributed by atoms with E-state index in [-0.39, 0.29) is 16.9 Å². The average molecular weight is 526 g/mol. The van der Waals surface area contributed by atoms with Crippen LogP contribution in [0.25, 0.3) is 0 Å². The van der Waals surface area contributed by atoms with E-state index in [1.807, 2.05) is 55.5 Å². The molecule has 0 fully saturated rings. The van der Waals surface area contributed by atoms with Crippen molar-refractivity contribution >= 4 is 40.5 Å². The van der Waals surface area contributed by atoms with Crippen molar-refractivity contribution in [3.05, 3.63) is 120 Å². The molecule has 0 bridgehead atoms. The van der Waals surface area contributed by atoms with Crippen LogP contribution in [0.5, 0.6) is 11.5 Å². The molecule has 4 aromatic carbocycles. The van der Waals surface area contributed by atoms with Crippen molar-refractivity contribution in [3.8, 4) is 11.5 Å². The zero-order valence-corrected chi connectivity index (χ0v) is 21.6. The third kappa shape index (κ3) is 7.65. The number of hydrogen-bond donors (Lipinski definition) is 3. The molecule has 2 amide bonds. The first-order valence-corrected chi connectivity index (χ1v) is 12.4. The van der Waals surface area contributed by atoms with Crippen LogP contribution in [0.4, 0.5) is 11.4 Å². The Bertz CT molecular complexity index is 1390. The summed E-state index contributed by atoms with van der Waals surface area (Å²) in [5.74, 6) is 0.897. The van der Waals surface area contributed by atoms with E-state index in [4.69, 9.17) is 21.7 Å². The number of carbonyl (C=O) groups is 2. The minimum Gasteiger partial charge on any atom is -0.490 e. The number of para-hydroxylation sites is 1. The highest BCUT2D eigenvalue weighted by Crippen LogP contribution is 2.17. The summed E-state index contributed by atoms with van der Waals surface area (Å²) in [4.78, 5) is 25.1. The summed E-state index contributed by atoms with van der Waals surface area (Å²) in [6, 6.07) is 30.7. The molecule has 3 N–H and O–H groups in total. The monoisotopic (exact) mass is 525 g/mol. The Labute approximate surface area is 226 Å². The highest BCUT2D eigenvalue weighted by molar-refractivity contribution is 7.80. The molecule has 7 nitrogen and oxygen atoms in total. The van der Waals surface area contributed by atoms with E-state index < -0.39 is 0 Å². The predicted molar refractivity (Wildman–Crippen MR) is 153 cm³/mol. The molecule has 0 aliphatic carbocycles. The van der Waals surface area contributed by atoms with Crippen molar-refractivity contribution in [1.29, 1.82) is 0 Å². The van der Waals surface area contributed by atoms with Gasteiger partial charge < -0.3 is 20.1 Å². The SMILES string of the molecule is Cc1ccccc1C(=O)Nc1ccc(NC(=S)NC(=O)c2ccc(OCCOc3ccccc3)cc2)cc1. The second-order valence-corrected chi connectivity index (χ2v) is 8.70. The van der Waals surface area contributed by atoms with E-state index in [0.717, 1.165) is 11.3 Å². The van der Waals surface area contributed by atoms with Crippen LogP contribution in [0.1, 0.15) is 26.3 Å². The van der Waals surface area contributed by atoms with Gasteiger partial charge in [-0.2, -0.15) is 0 Å². The number of rotatable bonds is 9. The Morgan fingerprint density at radius 3 is 1.84 bits per heavy atom. The number of nitrogens with one attached hydrogen (secondary N) is 3. The van der Waals surface area contributed by atoms with E-state index in [9.17, 15) is 9.59 Å². The van der Waals surface area contributed by atoms with Gasteiger partial charge in [0.2, 0.25) is 0 Å². The van der Waals surface area contributed by atoms with Crippen LogP contribution in [-0.4, -0.2) is 30.1 Å². The van der Waals surface area contributed by atoms with Gasteiger partial charge in [-0.15, -0.1) is 0 Å². The highest BCUT2D eigenvalue weighted by atomic mass is 32.1. The number of anilines is 2. The lowest BCUT2D eigenvalue weighted by atomic mass is 10.1. The van der Waals surface area contributed by atoms with Gasteiger partial charge in [-0.3, -0.25) is 14.9 Å². The Morgan fingerprint density at radius 2 is 1.21 bits per heavy atom. The van der Waals surface area contributed by atoms with E-state index in [1.54, 1.807) is 54.6 Å². The van der Waals surface area contributed by atoms with Gasteiger partial charge in [0.05, 0.1) is 0 Å². The second-order valence-electron chi connectivity index (χ2n) is 8.29. The van der Waals surface area contributed by atoms with Crippen molar-refractivity contribution < 1.29 is 19.1 Å². The van der Waals surface area contributed by atoms with E-state index in [0.29, 0.717) is 41.5 Å². The van der Waals surface area contributed by atoms with Gasteiger partial charge in [0, 0.05) is 22.5 Å². The molecule has 0 aliphatic rings. The molecule has 0 unspecified atom stereocenters. The summed E-state index contributed by atoms with van der Waals surface area (Å²) in [7, 11) is 0. The van der Waals surface area contributed by atoms with Gasteiger partial charge in [0.15, 0.2) is 5.11 Å². The van der Waals surface area contributed by atoms with Crippen LogP contribution in [0, 0.1) is 6.92 Å². The number of ether oxygens (including phenoxy) is 2. The molecule has 0 atom stereocenters. The fourth-order valence-corrected chi connectivity index (χ4v) is 3.75. The Hall–Kier alpha value is -4.69. The fourth-order valence-electron chi connectivity index (χ4n) is 3.54. The average Bonchev–Trinajstić information content (AvgIpc) is 2.93. The summed E-state index contributed by atoms with van der Waals surface area (Å²) >= 11 is 5.28. The van der Waals surface area contributed by atoms with Gasteiger partial charge >= 0.3 is 0 Å². The second kappa shape index (κ2) is 13.0. The third-order valence-electron chi connectivity index (χ3n) is 5.50. The summed E-state index contributed by atoms with van der Waals surface area (Å²) < 4.78 is 11.3. The molecule has 0 saturated heterocycles. The molecular formula is C30H27N3O4S. The van der Waals surface area contributed by atoms with Crippen LogP contribution >= 0.6 is 12.2 Å². The first kappa shape index (κ1) is 26.4. The topological polar surface area (TPSA) is 88.7 Å². The predicted octanol–water partition coefficient (Wildman–Crippen LogP) is 5.83. The first-order valence-electron chi connectivity index (χ1n) is 12.0. The Kier molecular flexibility index (Phi) is 9.04. The molecular weight excluding hydrogens is 498 g/mol. The third-order valence-corrected chi connectivity index (χ3v) is 5.70. The minimum absolute atomic E-state index is 0.157. The van der Waals surface area contributed by atoms with Crippen LogP contribution in [0.3, 0.4) is 0 Å². The maximum atomic E-state index is 12.6. The van der Waals surface area contributed by atoms with Crippen LogP contribution in [0.15, 0.2) is 103 Å². The number of thiocarbonyl (C=S) groups is 1.